The van der Waals surface area contributed by atoms with E-state index in [4.69, 9.17) is 4.42 Å². The van der Waals surface area contributed by atoms with Crippen LogP contribution in [-0.4, -0.2) is 11.6 Å². The van der Waals surface area contributed by atoms with Crippen LogP contribution < -0.4 is 0 Å². The van der Waals surface area contributed by atoms with E-state index >= 15 is 0 Å². The number of hydrogen-bond acceptors (Lipinski definition) is 3. The minimum absolute atomic E-state index is 0.0160. The van der Waals surface area contributed by atoms with Crippen molar-refractivity contribution < 1.29 is 14.0 Å². The zero-order valence-electron chi connectivity index (χ0n) is 8.53. The van der Waals surface area contributed by atoms with E-state index in [9.17, 15) is 9.59 Å². The molecule has 0 bridgehead atoms. The summed E-state index contributed by atoms with van der Waals surface area (Å²) in [5.74, 6) is 0.193. The standard InChI is InChI=1S/C12H10O3/c1-7(13)9-3-4-10-6-11(8(2)14)15-12(10)5-9/h3-6H,1-2H3. The summed E-state index contributed by atoms with van der Waals surface area (Å²) in [4.78, 5) is 22.2. The minimum Gasteiger partial charge on any atom is -0.453 e. The van der Waals surface area contributed by atoms with E-state index < -0.39 is 0 Å². The molecule has 2 rings (SSSR count). The normalized spacial score (nSPS) is 10.5. The number of benzene rings is 1. The van der Waals surface area contributed by atoms with Gasteiger partial charge in [0.2, 0.25) is 0 Å². The van der Waals surface area contributed by atoms with Crippen LogP contribution >= 0.6 is 0 Å². The molecule has 0 saturated carbocycles. The predicted octanol–water partition coefficient (Wildman–Crippen LogP) is 2.84. The maximum Gasteiger partial charge on any atom is 0.194 e. The van der Waals surface area contributed by atoms with Gasteiger partial charge in [0.1, 0.15) is 5.58 Å². The lowest BCUT2D eigenvalue weighted by Crippen LogP contribution is -1.89. The fourth-order valence-electron chi connectivity index (χ4n) is 1.42. The van der Waals surface area contributed by atoms with Crippen molar-refractivity contribution in [2.45, 2.75) is 13.8 Å². The minimum atomic E-state index is -0.115. The van der Waals surface area contributed by atoms with Crippen molar-refractivity contribution in [1.29, 1.82) is 0 Å². The zero-order valence-corrected chi connectivity index (χ0v) is 8.53. The van der Waals surface area contributed by atoms with Gasteiger partial charge in [0.05, 0.1) is 0 Å². The number of fused-ring (bicyclic) bond motifs is 1. The van der Waals surface area contributed by atoms with Crippen molar-refractivity contribution in [3.63, 3.8) is 0 Å². The summed E-state index contributed by atoms with van der Waals surface area (Å²) >= 11 is 0. The van der Waals surface area contributed by atoms with E-state index in [0.29, 0.717) is 16.9 Å². The molecule has 1 heterocycles. The quantitative estimate of drug-likeness (QED) is 0.703. The number of carbonyl (C=O) groups is 2. The van der Waals surface area contributed by atoms with Gasteiger partial charge in [-0.1, -0.05) is 12.1 Å². The molecule has 0 aliphatic carbocycles. The number of furan rings is 1. The molecule has 1 aromatic carbocycles. The number of rotatable bonds is 2. The van der Waals surface area contributed by atoms with Crippen LogP contribution in [0.5, 0.6) is 0 Å². The third-order valence-electron chi connectivity index (χ3n) is 2.27. The molecular formula is C12H10O3. The topological polar surface area (TPSA) is 47.3 Å². The molecule has 1 aromatic heterocycles. The Morgan fingerprint density at radius 1 is 1.07 bits per heavy atom. The highest BCUT2D eigenvalue weighted by atomic mass is 16.3. The molecule has 0 aliphatic heterocycles. The smallest absolute Gasteiger partial charge is 0.194 e. The van der Waals surface area contributed by atoms with Crippen LogP contribution in [0, 0.1) is 0 Å². The number of Topliss-reactive ketones (excluding diaryl/α,β-unsaturated/α-hetero) is 2. The maximum atomic E-state index is 11.1. The molecule has 3 nitrogen and oxygen atoms in total. The first-order chi connectivity index (χ1) is 7.08. The Morgan fingerprint density at radius 3 is 2.40 bits per heavy atom. The monoisotopic (exact) mass is 202 g/mol. The van der Waals surface area contributed by atoms with E-state index in [1.807, 2.05) is 0 Å². The summed E-state index contributed by atoms with van der Waals surface area (Å²) in [6, 6.07) is 6.85. The van der Waals surface area contributed by atoms with Gasteiger partial charge in [-0.2, -0.15) is 0 Å². The molecule has 76 valence electrons. The van der Waals surface area contributed by atoms with Crippen LogP contribution in [0.2, 0.25) is 0 Å². The average Bonchev–Trinajstić information content (AvgIpc) is 2.59. The Labute approximate surface area is 86.7 Å². The second kappa shape index (κ2) is 3.35. The Hall–Kier alpha value is -1.90. The molecular weight excluding hydrogens is 192 g/mol. The van der Waals surface area contributed by atoms with Crippen LogP contribution in [0.15, 0.2) is 28.7 Å². The zero-order chi connectivity index (χ0) is 11.0. The van der Waals surface area contributed by atoms with Crippen LogP contribution in [0.1, 0.15) is 34.8 Å². The highest BCUT2D eigenvalue weighted by Gasteiger charge is 2.09. The van der Waals surface area contributed by atoms with Crippen molar-refractivity contribution in [3.8, 4) is 0 Å². The molecule has 0 N–H and O–H groups in total. The summed E-state index contributed by atoms with van der Waals surface area (Å²) < 4.78 is 5.32. The second-order valence-electron chi connectivity index (χ2n) is 3.48. The number of carbonyl (C=O) groups excluding carboxylic acids is 2. The van der Waals surface area contributed by atoms with Crippen LogP contribution in [0.25, 0.3) is 11.0 Å². The lowest BCUT2D eigenvalue weighted by atomic mass is 10.1. The van der Waals surface area contributed by atoms with Crippen molar-refractivity contribution in [2.75, 3.05) is 0 Å². The Morgan fingerprint density at radius 2 is 1.80 bits per heavy atom. The van der Waals surface area contributed by atoms with Crippen molar-refractivity contribution in [3.05, 3.63) is 35.6 Å². The third kappa shape index (κ3) is 1.68. The lowest BCUT2D eigenvalue weighted by Gasteiger charge is -1.93. The van der Waals surface area contributed by atoms with E-state index in [1.165, 1.54) is 13.8 Å². The van der Waals surface area contributed by atoms with Gasteiger partial charge in [-0.25, -0.2) is 0 Å². The SMILES string of the molecule is CC(=O)c1ccc2cc(C(C)=O)oc2c1. The molecule has 2 aromatic rings. The Kier molecular flexibility index (Phi) is 2.15. The summed E-state index contributed by atoms with van der Waals surface area (Å²) in [7, 11) is 0. The fourth-order valence-corrected chi connectivity index (χ4v) is 1.42. The van der Waals surface area contributed by atoms with Crippen LogP contribution in [0.4, 0.5) is 0 Å². The van der Waals surface area contributed by atoms with Gasteiger partial charge >= 0.3 is 0 Å². The molecule has 15 heavy (non-hydrogen) atoms. The molecule has 0 saturated heterocycles. The van der Waals surface area contributed by atoms with Gasteiger partial charge in [0.25, 0.3) is 0 Å². The van der Waals surface area contributed by atoms with Gasteiger partial charge in [-0.15, -0.1) is 0 Å². The Bertz CT molecular complexity index is 537. The van der Waals surface area contributed by atoms with Gasteiger partial charge < -0.3 is 4.42 Å². The highest BCUT2D eigenvalue weighted by molar-refractivity contribution is 6.00. The summed E-state index contributed by atoms with van der Waals surface area (Å²) in [5, 5.41) is 0.838. The maximum absolute atomic E-state index is 11.1. The van der Waals surface area contributed by atoms with Crippen LogP contribution in [-0.2, 0) is 0 Å². The third-order valence-corrected chi connectivity index (χ3v) is 2.27. The van der Waals surface area contributed by atoms with Crippen molar-refractivity contribution >= 4 is 22.5 Å². The summed E-state index contributed by atoms with van der Waals surface area (Å²) in [6.45, 7) is 2.94. The first-order valence-corrected chi connectivity index (χ1v) is 4.63. The molecule has 0 fully saturated rings. The van der Waals surface area contributed by atoms with E-state index in [-0.39, 0.29) is 11.6 Å². The first kappa shape index (κ1) is 9.65. The molecule has 0 spiro atoms. The van der Waals surface area contributed by atoms with E-state index in [0.717, 1.165) is 5.39 Å². The van der Waals surface area contributed by atoms with Crippen LogP contribution in [0.3, 0.4) is 0 Å². The predicted molar refractivity (Wildman–Crippen MR) is 56.2 cm³/mol. The average molecular weight is 202 g/mol. The van der Waals surface area contributed by atoms with Gasteiger partial charge in [-0.3, -0.25) is 9.59 Å². The lowest BCUT2D eigenvalue weighted by molar-refractivity contribution is 0.0987. The summed E-state index contributed by atoms with van der Waals surface area (Å²) in [6.07, 6.45) is 0. The Balaban J connectivity index is 2.62. The van der Waals surface area contributed by atoms with E-state index in [1.54, 1.807) is 24.3 Å². The van der Waals surface area contributed by atoms with Gasteiger partial charge in [-0.05, 0) is 19.1 Å². The molecule has 0 amide bonds. The molecule has 0 aliphatic rings. The summed E-state index contributed by atoms with van der Waals surface area (Å²) in [5.41, 5.74) is 1.17. The van der Waals surface area contributed by atoms with Gasteiger partial charge in [0, 0.05) is 17.9 Å². The molecule has 0 radical (unpaired) electrons. The van der Waals surface area contributed by atoms with Crippen molar-refractivity contribution in [2.24, 2.45) is 0 Å². The number of hydrogen-bond donors (Lipinski definition) is 0. The molecule has 0 atom stereocenters. The van der Waals surface area contributed by atoms with E-state index in [2.05, 4.69) is 0 Å². The fraction of sp³-hybridized carbons (Fsp3) is 0.167. The first-order valence-electron chi connectivity index (χ1n) is 4.63. The largest absolute Gasteiger partial charge is 0.453 e. The van der Waals surface area contributed by atoms with Crippen molar-refractivity contribution in [1.82, 2.24) is 0 Å². The highest BCUT2D eigenvalue weighted by Crippen LogP contribution is 2.21. The molecule has 0 unspecified atom stereocenters. The van der Waals surface area contributed by atoms with Gasteiger partial charge in [0.15, 0.2) is 17.3 Å². The second-order valence-corrected chi connectivity index (χ2v) is 3.48. The number of ketones is 2. The molecule has 3 heteroatoms.